The molecule has 25 heavy (non-hydrogen) atoms. The number of aromatic nitrogens is 2. The quantitative estimate of drug-likeness (QED) is 0.784. The van der Waals surface area contributed by atoms with Crippen molar-refractivity contribution in [2.24, 2.45) is 0 Å². The third kappa shape index (κ3) is 3.44. The van der Waals surface area contributed by atoms with E-state index < -0.39 is 11.2 Å². The molecular weight excluding hydrogens is 336 g/mol. The second-order valence-corrected chi connectivity index (χ2v) is 7.87. The van der Waals surface area contributed by atoms with Crippen molar-refractivity contribution in [3.05, 3.63) is 79.8 Å². The monoisotopic (exact) mass is 356 g/mol. The summed E-state index contributed by atoms with van der Waals surface area (Å²) in [5.41, 5.74) is 1.03. The molecule has 0 spiro atoms. The summed E-state index contributed by atoms with van der Waals surface area (Å²) in [6, 6.07) is 12.5. The van der Waals surface area contributed by atoms with Gasteiger partial charge in [0, 0.05) is 0 Å². The van der Waals surface area contributed by atoms with Gasteiger partial charge in [-0.15, -0.1) is 11.3 Å². The summed E-state index contributed by atoms with van der Waals surface area (Å²) in [4.78, 5) is 24.8. The van der Waals surface area contributed by atoms with E-state index in [1.165, 1.54) is 21.5 Å². The SMILES string of the molecule is CC(C)(C)c1ccc(Cn2c(O)cc(=O)n(-c3cccs3)c2=O)cc1. The molecule has 6 heteroatoms. The van der Waals surface area contributed by atoms with Crippen molar-refractivity contribution in [3.8, 4) is 10.9 Å². The zero-order chi connectivity index (χ0) is 18.2. The Morgan fingerprint density at radius 3 is 2.32 bits per heavy atom. The molecule has 2 heterocycles. The van der Waals surface area contributed by atoms with Crippen LogP contribution in [0.1, 0.15) is 31.9 Å². The third-order valence-electron chi connectivity index (χ3n) is 4.06. The normalized spacial score (nSPS) is 11.6. The van der Waals surface area contributed by atoms with E-state index in [2.05, 4.69) is 20.8 Å². The number of nitrogens with zero attached hydrogens (tertiary/aromatic N) is 2. The molecule has 0 saturated carbocycles. The van der Waals surface area contributed by atoms with Gasteiger partial charge in [0.1, 0.15) is 5.00 Å². The molecule has 130 valence electrons. The minimum absolute atomic E-state index is 0.0455. The minimum atomic E-state index is -0.549. The predicted molar refractivity (Wildman–Crippen MR) is 100 cm³/mol. The van der Waals surface area contributed by atoms with E-state index in [0.29, 0.717) is 5.00 Å². The molecule has 0 fully saturated rings. The zero-order valence-electron chi connectivity index (χ0n) is 14.4. The Morgan fingerprint density at radius 2 is 1.76 bits per heavy atom. The molecule has 0 amide bonds. The van der Waals surface area contributed by atoms with Gasteiger partial charge in [-0.2, -0.15) is 0 Å². The first kappa shape index (κ1) is 17.2. The average molecular weight is 356 g/mol. The Morgan fingerprint density at radius 1 is 1.08 bits per heavy atom. The highest BCUT2D eigenvalue weighted by molar-refractivity contribution is 7.12. The van der Waals surface area contributed by atoms with Crippen molar-refractivity contribution >= 4 is 11.3 Å². The fraction of sp³-hybridized carbons (Fsp3) is 0.263. The van der Waals surface area contributed by atoms with Crippen molar-refractivity contribution in [3.63, 3.8) is 0 Å². The first-order valence-electron chi connectivity index (χ1n) is 7.96. The Hall–Kier alpha value is -2.60. The molecule has 0 bridgehead atoms. The summed E-state index contributed by atoms with van der Waals surface area (Å²) in [5, 5.41) is 12.4. The van der Waals surface area contributed by atoms with Crippen LogP contribution >= 0.6 is 11.3 Å². The van der Waals surface area contributed by atoms with Crippen LogP contribution in [0.3, 0.4) is 0 Å². The number of benzene rings is 1. The van der Waals surface area contributed by atoms with Crippen LogP contribution in [0.5, 0.6) is 5.88 Å². The largest absolute Gasteiger partial charge is 0.494 e. The van der Waals surface area contributed by atoms with Crippen molar-refractivity contribution < 1.29 is 5.11 Å². The molecule has 3 rings (SSSR count). The standard InChI is InChI=1S/C19H20N2O3S/c1-19(2,3)14-8-6-13(7-9-14)12-20-15(22)11-16(23)21(18(20)24)17-5-4-10-25-17/h4-11,22H,12H2,1-3H3. The van der Waals surface area contributed by atoms with E-state index in [1.54, 1.807) is 17.5 Å². The van der Waals surface area contributed by atoms with Crippen molar-refractivity contribution in [2.45, 2.75) is 32.7 Å². The van der Waals surface area contributed by atoms with Crippen molar-refractivity contribution in [2.75, 3.05) is 0 Å². The molecule has 2 aromatic heterocycles. The van der Waals surface area contributed by atoms with Gasteiger partial charge in [0.25, 0.3) is 5.56 Å². The lowest BCUT2D eigenvalue weighted by Gasteiger charge is -2.19. The maximum Gasteiger partial charge on any atom is 0.339 e. The second kappa shape index (κ2) is 6.37. The lowest BCUT2D eigenvalue weighted by molar-refractivity contribution is 0.406. The fourth-order valence-electron chi connectivity index (χ4n) is 2.61. The fourth-order valence-corrected chi connectivity index (χ4v) is 3.33. The van der Waals surface area contributed by atoms with Crippen LogP contribution in [0.25, 0.3) is 5.00 Å². The molecule has 0 unspecified atom stereocenters. The number of rotatable bonds is 3. The number of hydrogen-bond donors (Lipinski definition) is 1. The molecule has 1 N–H and O–H groups in total. The number of aromatic hydroxyl groups is 1. The Balaban J connectivity index is 2.02. The van der Waals surface area contributed by atoms with Crippen molar-refractivity contribution in [1.82, 2.24) is 9.13 Å². The van der Waals surface area contributed by atoms with Crippen LogP contribution in [-0.2, 0) is 12.0 Å². The summed E-state index contributed by atoms with van der Waals surface area (Å²) >= 11 is 1.30. The average Bonchev–Trinajstić information content (AvgIpc) is 3.05. The van der Waals surface area contributed by atoms with Crippen LogP contribution in [0.15, 0.2) is 57.4 Å². The molecule has 3 aromatic rings. The molecule has 5 nitrogen and oxygen atoms in total. The van der Waals surface area contributed by atoms with Gasteiger partial charge in [-0.25, -0.2) is 9.36 Å². The predicted octanol–water partition coefficient (Wildman–Crippen LogP) is 3.11. The molecule has 0 aliphatic heterocycles. The Kier molecular flexibility index (Phi) is 4.39. The highest BCUT2D eigenvalue weighted by Crippen LogP contribution is 2.22. The van der Waals surface area contributed by atoms with Gasteiger partial charge in [-0.1, -0.05) is 45.0 Å². The number of hydrogen-bond acceptors (Lipinski definition) is 4. The minimum Gasteiger partial charge on any atom is -0.494 e. The molecule has 1 aromatic carbocycles. The topological polar surface area (TPSA) is 64.2 Å². The smallest absolute Gasteiger partial charge is 0.339 e. The van der Waals surface area contributed by atoms with Crippen LogP contribution in [0.4, 0.5) is 0 Å². The Labute approximate surface area is 149 Å². The maximum absolute atomic E-state index is 12.7. The van der Waals surface area contributed by atoms with E-state index >= 15 is 0 Å². The summed E-state index contributed by atoms with van der Waals surface area (Å²) < 4.78 is 2.28. The summed E-state index contributed by atoms with van der Waals surface area (Å²) in [5.74, 6) is -0.331. The first-order valence-corrected chi connectivity index (χ1v) is 8.84. The third-order valence-corrected chi connectivity index (χ3v) is 4.91. The van der Waals surface area contributed by atoms with Gasteiger partial charge in [-0.05, 0) is 34.1 Å². The summed E-state index contributed by atoms with van der Waals surface area (Å²) in [7, 11) is 0. The Bertz CT molecular complexity index is 991. The zero-order valence-corrected chi connectivity index (χ0v) is 15.2. The van der Waals surface area contributed by atoms with Crippen LogP contribution < -0.4 is 11.2 Å². The highest BCUT2D eigenvalue weighted by Gasteiger charge is 2.15. The van der Waals surface area contributed by atoms with Crippen LogP contribution in [-0.4, -0.2) is 14.2 Å². The van der Waals surface area contributed by atoms with Gasteiger partial charge in [0.2, 0.25) is 5.88 Å². The van der Waals surface area contributed by atoms with E-state index in [0.717, 1.165) is 16.2 Å². The molecule has 0 aliphatic carbocycles. The maximum atomic E-state index is 12.7. The second-order valence-electron chi connectivity index (χ2n) is 6.94. The molecule has 0 aliphatic rings. The molecule has 0 atom stereocenters. The van der Waals surface area contributed by atoms with Gasteiger partial charge >= 0.3 is 5.69 Å². The van der Waals surface area contributed by atoms with Gasteiger partial charge in [0.15, 0.2) is 0 Å². The molecular formula is C19H20N2O3S. The van der Waals surface area contributed by atoms with E-state index in [1.807, 2.05) is 24.3 Å². The first-order chi connectivity index (χ1) is 11.8. The lowest BCUT2D eigenvalue weighted by atomic mass is 9.87. The summed E-state index contributed by atoms with van der Waals surface area (Å²) in [6.07, 6.45) is 0. The molecule has 0 radical (unpaired) electrons. The van der Waals surface area contributed by atoms with E-state index in [-0.39, 0.29) is 17.8 Å². The lowest BCUT2D eigenvalue weighted by Crippen LogP contribution is -2.37. The van der Waals surface area contributed by atoms with Crippen LogP contribution in [0.2, 0.25) is 0 Å². The van der Waals surface area contributed by atoms with E-state index in [4.69, 9.17) is 0 Å². The van der Waals surface area contributed by atoms with Gasteiger partial charge < -0.3 is 5.11 Å². The van der Waals surface area contributed by atoms with Crippen LogP contribution in [0, 0.1) is 0 Å². The highest BCUT2D eigenvalue weighted by atomic mass is 32.1. The molecule has 0 saturated heterocycles. The summed E-state index contributed by atoms with van der Waals surface area (Å²) in [6.45, 7) is 6.60. The van der Waals surface area contributed by atoms with E-state index in [9.17, 15) is 14.7 Å². The van der Waals surface area contributed by atoms with Gasteiger partial charge in [-0.3, -0.25) is 9.36 Å². The van der Waals surface area contributed by atoms with Crippen molar-refractivity contribution in [1.29, 1.82) is 0 Å². The van der Waals surface area contributed by atoms with Gasteiger partial charge in [0.05, 0.1) is 12.6 Å². The number of thiophene rings is 1.